The summed E-state index contributed by atoms with van der Waals surface area (Å²) in [4.78, 5) is 27.0. The van der Waals surface area contributed by atoms with Crippen LogP contribution in [0.1, 0.15) is 43.5 Å². The largest absolute Gasteiger partial charge is 0.434 e. The molecule has 1 aromatic rings. The second-order valence-electron chi connectivity index (χ2n) is 7.54. The molecule has 0 saturated carbocycles. The highest BCUT2D eigenvalue weighted by Crippen LogP contribution is 2.25. The van der Waals surface area contributed by atoms with Gasteiger partial charge in [0.15, 0.2) is 0 Å². The molecule has 8 heteroatoms. The molecular formula is C20H29F2N3O3. The summed E-state index contributed by atoms with van der Waals surface area (Å²) in [6, 6.07) is 5.82. The van der Waals surface area contributed by atoms with E-state index in [2.05, 4.69) is 23.9 Å². The molecule has 2 atom stereocenters. The number of para-hydroxylation sites is 1. The van der Waals surface area contributed by atoms with Gasteiger partial charge in [-0.1, -0.05) is 26.0 Å². The number of ether oxygens (including phenoxy) is 1. The Bertz CT molecular complexity index is 670. The fourth-order valence-corrected chi connectivity index (χ4v) is 3.49. The third-order valence-corrected chi connectivity index (χ3v) is 4.80. The SMILES string of the molecule is CC(C)CC(CN)NC(=O)C1CCCN(C(=O)c2ccccc2OC(F)F)C1. The number of piperidine rings is 1. The van der Waals surface area contributed by atoms with E-state index in [0.29, 0.717) is 31.8 Å². The van der Waals surface area contributed by atoms with Gasteiger partial charge in [-0.2, -0.15) is 8.78 Å². The fourth-order valence-electron chi connectivity index (χ4n) is 3.49. The Hall–Kier alpha value is -2.22. The molecule has 6 nitrogen and oxygen atoms in total. The molecule has 1 aliphatic rings. The molecule has 0 radical (unpaired) electrons. The first-order valence-electron chi connectivity index (χ1n) is 9.65. The smallest absolute Gasteiger partial charge is 0.387 e. The number of nitrogens with one attached hydrogen (secondary N) is 1. The van der Waals surface area contributed by atoms with Crippen LogP contribution in [0.3, 0.4) is 0 Å². The number of hydrogen-bond acceptors (Lipinski definition) is 4. The minimum atomic E-state index is -3.01. The monoisotopic (exact) mass is 397 g/mol. The topological polar surface area (TPSA) is 84.7 Å². The highest BCUT2D eigenvalue weighted by Gasteiger charge is 2.31. The molecule has 2 amide bonds. The number of nitrogens with two attached hydrogens (primary N) is 1. The van der Waals surface area contributed by atoms with Crippen LogP contribution in [-0.2, 0) is 4.79 Å². The van der Waals surface area contributed by atoms with Gasteiger partial charge in [0.05, 0.1) is 11.5 Å². The van der Waals surface area contributed by atoms with Crippen molar-refractivity contribution in [2.75, 3.05) is 19.6 Å². The number of halogens is 2. The van der Waals surface area contributed by atoms with Gasteiger partial charge in [0.25, 0.3) is 5.91 Å². The van der Waals surface area contributed by atoms with Crippen molar-refractivity contribution in [2.45, 2.75) is 45.8 Å². The molecule has 156 valence electrons. The van der Waals surface area contributed by atoms with Crippen LogP contribution >= 0.6 is 0 Å². The number of benzene rings is 1. The van der Waals surface area contributed by atoms with Gasteiger partial charge in [-0.05, 0) is 37.3 Å². The van der Waals surface area contributed by atoms with Crippen LogP contribution in [0.5, 0.6) is 5.75 Å². The van der Waals surface area contributed by atoms with E-state index in [1.807, 2.05) is 0 Å². The molecule has 28 heavy (non-hydrogen) atoms. The van der Waals surface area contributed by atoms with E-state index in [9.17, 15) is 18.4 Å². The molecule has 1 saturated heterocycles. The summed E-state index contributed by atoms with van der Waals surface area (Å²) in [7, 11) is 0. The zero-order valence-electron chi connectivity index (χ0n) is 16.4. The van der Waals surface area contributed by atoms with E-state index in [0.717, 1.165) is 6.42 Å². The Morgan fingerprint density at radius 1 is 1.32 bits per heavy atom. The van der Waals surface area contributed by atoms with Crippen molar-refractivity contribution < 1.29 is 23.1 Å². The van der Waals surface area contributed by atoms with Crippen LogP contribution in [0, 0.1) is 11.8 Å². The van der Waals surface area contributed by atoms with Crippen LogP contribution < -0.4 is 15.8 Å². The van der Waals surface area contributed by atoms with Crippen molar-refractivity contribution in [3.8, 4) is 5.75 Å². The molecule has 2 unspecified atom stereocenters. The summed E-state index contributed by atoms with van der Waals surface area (Å²) < 4.78 is 29.7. The fraction of sp³-hybridized carbons (Fsp3) is 0.600. The van der Waals surface area contributed by atoms with E-state index in [1.54, 1.807) is 6.07 Å². The maximum absolute atomic E-state index is 12.8. The maximum Gasteiger partial charge on any atom is 0.387 e. The van der Waals surface area contributed by atoms with Crippen molar-refractivity contribution in [3.05, 3.63) is 29.8 Å². The predicted molar refractivity (Wildman–Crippen MR) is 102 cm³/mol. The van der Waals surface area contributed by atoms with Gasteiger partial charge in [0, 0.05) is 25.7 Å². The summed E-state index contributed by atoms with van der Waals surface area (Å²) in [5, 5.41) is 2.98. The van der Waals surface area contributed by atoms with Crippen molar-refractivity contribution in [3.63, 3.8) is 0 Å². The lowest BCUT2D eigenvalue weighted by molar-refractivity contribution is -0.127. The molecule has 1 aliphatic heterocycles. The molecule has 1 fully saturated rings. The average molecular weight is 397 g/mol. The van der Waals surface area contributed by atoms with Gasteiger partial charge in [-0.3, -0.25) is 9.59 Å². The van der Waals surface area contributed by atoms with E-state index in [4.69, 9.17) is 5.73 Å². The highest BCUT2D eigenvalue weighted by molar-refractivity contribution is 5.97. The van der Waals surface area contributed by atoms with Crippen molar-refractivity contribution in [1.82, 2.24) is 10.2 Å². The second kappa shape index (κ2) is 10.4. The first-order valence-corrected chi connectivity index (χ1v) is 9.65. The zero-order valence-corrected chi connectivity index (χ0v) is 16.4. The van der Waals surface area contributed by atoms with Crippen LogP contribution in [0.15, 0.2) is 24.3 Å². The van der Waals surface area contributed by atoms with Crippen LogP contribution in [-0.4, -0.2) is 49.0 Å². The lowest BCUT2D eigenvalue weighted by Crippen LogP contribution is -2.49. The average Bonchev–Trinajstić information content (AvgIpc) is 2.66. The Labute approximate surface area is 164 Å². The predicted octanol–water partition coefficient (Wildman–Crippen LogP) is 2.63. The molecule has 3 N–H and O–H groups in total. The summed E-state index contributed by atoms with van der Waals surface area (Å²) in [6.45, 7) is 2.19. The third kappa shape index (κ3) is 6.15. The normalized spacial score (nSPS) is 18.2. The molecule has 0 bridgehead atoms. The Balaban J connectivity index is 2.04. The number of amides is 2. The zero-order chi connectivity index (χ0) is 20.7. The van der Waals surface area contributed by atoms with Crippen LogP contribution in [0.4, 0.5) is 8.78 Å². The standard InChI is InChI=1S/C20H29F2N3O3/c1-13(2)10-15(11-23)24-18(26)14-6-5-9-25(12-14)19(27)16-7-3-4-8-17(16)28-20(21)22/h3-4,7-8,13-15,20H,5-6,9-12,23H2,1-2H3,(H,24,26). The Kier molecular flexibility index (Phi) is 8.17. The first-order chi connectivity index (χ1) is 13.3. The number of rotatable bonds is 8. The third-order valence-electron chi connectivity index (χ3n) is 4.80. The van der Waals surface area contributed by atoms with E-state index < -0.39 is 12.5 Å². The van der Waals surface area contributed by atoms with Crippen LogP contribution in [0.2, 0.25) is 0 Å². The van der Waals surface area contributed by atoms with Crippen LogP contribution in [0.25, 0.3) is 0 Å². The van der Waals surface area contributed by atoms with Crippen molar-refractivity contribution in [1.29, 1.82) is 0 Å². The van der Waals surface area contributed by atoms with E-state index in [-0.39, 0.29) is 35.7 Å². The summed E-state index contributed by atoms with van der Waals surface area (Å²) in [6.07, 6.45) is 2.12. The molecule has 2 rings (SSSR count). The minimum Gasteiger partial charge on any atom is -0.434 e. The lowest BCUT2D eigenvalue weighted by Gasteiger charge is -2.33. The van der Waals surface area contributed by atoms with Crippen molar-refractivity contribution in [2.24, 2.45) is 17.6 Å². The first kappa shape index (κ1) is 22.1. The van der Waals surface area contributed by atoms with Gasteiger partial charge in [0.1, 0.15) is 5.75 Å². The molecule has 1 heterocycles. The Morgan fingerprint density at radius 3 is 2.68 bits per heavy atom. The lowest BCUT2D eigenvalue weighted by atomic mass is 9.95. The minimum absolute atomic E-state index is 0.0727. The number of nitrogens with zero attached hydrogens (tertiary/aromatic N) is 1. The maximum atomic E-state index is 12.8. The van der Waals surface area contributed by atoms with Gasteiger partial charge in [-0.15, -0.1) is 0 Å². The van der Waals surface area contributed by atoms with Gasteiger partial charge in [0.2, 0.25) is 5.91 Å². The summed E-state index contributed by atoms with van der Waals surface area (Å²) in [5.41, 5.74) is 5.83. The summed E-state index contributed by atoms with van der Waals surface area (Å²) in [5.74, 6) is -0.627. The van der Waals surface area contributed by atoms with E-state index in [1.165, 1.54) is 23.1 Å². The summed E-state index contributed by atoms with van der Waals surface area (Å²) >= 11 is 0. The number of hydrogen-bond donors (Lipinski definition) is 2. The molecule has 0 aromatic heterocycles. The van der Waals surface area contributed by atoms with Crippen molar-refractivity contribution >= 4 is 11.8 Å². The van der Waals surface area contributed by atoms with E-state index >= 15 is 0 Å². The number of likely N-dealkylation sites (tertiary alicyclic amines) is 1. The van der Waals surface area contributed by atoms with Gasteiger partial charge >= 0.3 is 6.61 Å². The molecule has 0 aliphatic carbocycles. The Morgan fingerprint density at radius 2 is 2.04 bits per heavy atom. The number of carbonyl (C=O) groups excluding carboxylic acids is 2. The quantitative estimate of drug-likeness (QED) is 0.706. The highest BCUT2D eigenvalue weighted by atomic mass is 19.3. The molecule has 0 spiro atoms. The molecular weight excluding hydrogens is 368 g/mol. The molecule has 1 aromatic carbocycles. The number of alkyl halides is 2. The van der Waals surface area contributed by atoms with Gasteiger partial charge < -0.3 is 20.7 Å². The van der Waals surface area contributed by atoms with Gasteiger partial charge in [-0.25, -0.2) is 0 Å². The second-order valence-corrected chi connectivity index (χ2v) is 7.54. The number of carbonyl (C=O) groups is 2.